The SMILES string of the molecule is N=C1C=c2ccc(CO)cc2=NC1. The fourth-order valence-electron chi connectivity index (χ4n) is 1.35. The summed E-state index contributed by atoms with van der Waals surface area (Å²) in [5.41, 5.74) is 1.40. The van der Waals surface area contributed by atoms with E-state index >= 15 is 0 Å². The van der Waals surface area contributed by atoms with Crippen LogP contribution in [0.4, 0.5) is 0 Å². The average molecular weight is 174 g/mol. The van der Waals surface area contributed by atoms with Crippen molar-refractivity contribution in [1.82, 2.24) is 0 Å². The van der Waals surface area contributed by atoms with Crippen LogP contribution < -0.4 is 10.6 Å². The van der Waals surface area contributed by atoms with E-state index in [4.69, 9.17) is 10.5 Å². The highest BCUT2D eigenvalue weighted by Crippen LogP contribution is 1.92. The number of benzene rings is 1. The first-order valence-corrected chi connectivity index (χ1v) is 4.13. The number of nitrogens with one attached hydrogen (secondary N) is 1. The standard InChI is InChI=1S/C10H10N2O/c11-9-4-8-2-1-7(6-13)3-10(8)12-5-9/h1-4,11,13H,5-6H2. The molecule has 0 aromatic heterocycles. The van der Waals surface area contributed by atoms with Crippen LogP contribution in [0.3, 0.4) is 0 Å². The third kappa shape index (κ3) is 1.51. The summed E-state index contributed by atoms with van der Waals surface area (Å²) >= 11 is 0. The summed E-state index contributed by atoms with van der Waals surface area (Å²) in [6.45, 7) is 0.488. The molecule has 1 aromatic rings. The fourth-order valence-corrected chi connectivity index (χ4v) is 1.35. The predicted octanol–water partition coefficient (Wildman–Crippen LogP) is -0.388. The second-order valence-electron chi connectivity index (χ2n) is 3.04. The molecule has 0 atom stereocenters. The van der Waals surface area contributed by atoms with Gasteiger partial charge in [0.2, 0.25) is 0 Å². The Labute approximate surface area is 75.6 Å². The number of hydrogen-bond donors (Lipinski definition) is 2. The summed E-state index contributed by atoms with van der Waals surface area (Å²) in [5, 5.41) is 18.2. The van der Waals surface area contributed by atoms with Gasteiger partial charge in [0, 0.05) is 5.22 Å². The van der Waals surface area contributed by atoms with Crippen molar-refractivity contribution < 1.29 is 5.11 Å². The smallest absolute Gasteiger partial charge is 0.0812 e. The summed E-state index contributed by atoms with van der Waals surface area (Å²) in [6.07, 6.45) is 1.81. The monoisotopic (exact) mass is 174 g/mol. The Bertz CT molecular complexity index is 462. The van der Waals surface area contributed by atoms with Gasteiger partial charge in [-0.15, -0.1) is 0 Å². The van der Waals surface area contributed by atoms with E-state index in [-0.39, 0.29) is 6.61 Å². The molecule has 0 fully saturated rings. The van der Waals surface area contributed by atoms with Gasteiger partial charge in [-0.1, -0.05) is 12.1 Å². The molecule has 13 heavy (non-hydrogen) atoms. The van der Waals surface area contributed by atoms with Crippen molar-refractivity contribution >= 4 is 11.8 Å². The first-order valence-electron chi connectivity index (χ1n) is 4.13. The van der Waals surface area contributed by atoms with Crippen LogP contribution >= 0.6 is 0 Å². The quantitative estimate of drug-likeness (QED) is 0.598. The molecule has 3 nitrogen and oxygen atoms in total. The van der Waals surface area contributed by atoms with Gasteiger partial charge in [-0.25, -0.2) is 0 Å². The van der Waals surface area contributed by atoms with Crippen LogP contribution in [0.15, 0.2) is 23.2 Å². The van der Waals surface area contributed by atoms with Crippen LogP contribution in [0.25, 0.3) is 6.08 Å². The molecule has 66 valence electrons. The lowest BCUT2D eigenvalue weighted by molar-refractivity contribution is 0.281. The molecular formula is C10H10N2O. The fraction of sp³-hybridized carbons (Fsp3) is 0.200. The minimum absolute atomic E-state index is 0.0419. The number of nitrogens with zero attached hydrogens (tertiary/aromatic N) is 1. The summed E-state index contributed by atoms with van der Waals surface area (Å²) in [4.78, 5) is 4.22. The van der Waals surface area contributed by atoms with E-state index in [0.29, 0.717) is 12.3 Å². The van der Waals surface area contributed by atoms with Crippen molar-refractivity contribution in [3.63, 3.8) is 0 Å². The summed E-state index contributed by atoms with van der Waals surface area (Å²) < 4.78 is 0. The molecule has 0 spiro atoms. The Morgan fingerprint density at radius 3 is 3.08 bits per heavy atom. The van der Waals surface area contributed by atoms with E-state index in [2.05, 4.69) is 4.99 Å². The lowest BCUT2D eigenvalue weighted by Gasteiger charge is -2.02. The van der Waals surface area contributed by atoms with Crippen molar-refractivity contribution in [3.8, 4) is 0 Å². The number of aliphatic hydroxyl groups is 1. The molecule has 0 saturated heterocycles. The number of aliphatic hydroxyl groups excluding tert-OH is 1. The average Bonchev–Trinajstić information content (AvgIpc) is 2.17. The lowest BCUT2D eigenvalue weighted by Crippen LogP contribution is -2.31. The number of fused-ring (bicyclic) bond motifs is 1. The molecule has 0 radical (unpaired) electrons. The molecule has 0 aliphatic carbocycles. The van der Waals surface area contributed by atoms with E-state index in [1.807, 2.05) is 24.3 Å². The van der Waals surface area contributed by atoms with Gasteiger partial charge in [0.1, 0.15) is 0 Å². The maximum absolute atomic E-state index is 8.90. The van der Waals surface area contributed by atoms with Crippen LogP contribution in [0, 0.1) is 5.41 Å². The van der Waals surface area contributed by atoms with Crippen LogP contribution in [0.5, 0.6) is 0 Å². The zero-order chi connectivity index (χ0) is 9.26. The van der Waals surface area contributed by atoms with E-state index in [9.17, 15) is 0 Å². The van der Waals surface area contributed by atoms with E-state index in [1.54, 1.807) is 0 Å². The van der Waals surface area contributed by atoms with Crippen LogP contribution in [0.2, 0.25) is 0 Å². The molecule has 1 aliphatic heterocycles. The third-order valence-corrected chi connectivity index (χ3v) is 2.03. The second kappa shape index (κ2) is 3.11. The highest BCUT2D eigenvalue weighted by atomic mass is 16.3. The van der Waals surface area contributed by atoms with Gasteiger partial charge in [-0.3, -0.25) is 4.99 Å². The molecule has 1 aliphatic rings. The zero-order valence-electron chi connectivity index (χ0n) is 7.12. The Morgan fingerprint density at radius 1 is 1.46 bits per heavy atom. The molecule has 0 amide bonds. The van der Waals surface area contributed by atoms with Gasteiger partial charge >= 0.3 is 0 Å². The highest BCUT2D eigenvalue weighted by Gasteiger charge is 1.99. The van der Waals surface area contributed by atoms with Gasteiger partial charge in [-0.05, 0) is 17.7 Å². The largest absolute Gasteiger partial charge is 0.392 e. The Morgan fingerprint density at radius 2 is 2.31 bits per heavy atom. The normalized spacial score (nSPS) is 14.4. The second-order valence-corrected chi connectivity index (χ2v) is 3.04. The molecule has 1 heterocycles. The molecule has 3 heteroatoms. The molecular weight excluding hydrogens is 164 g/mol. The van der Waals surface area contributed by atoms with Gasteiger partial charge < -0.3 is 10.5 Å². The molecule has 2 rings (SSSR count). The Kier molecular flexibility index (Phi) is 1.94. The number of hydrogen-bond acceptors (Lipinski definition) is 3. The first-order chi connectivity index (χ1) is 6.29. The molecule has 0 saturated carbocycles. The predicted molar refractivity (Wildman–Crippen MR) is 50.2 cm³/mol. The molecule has 1 aromatic carbocycles. The highest BCUT2D eigenvalue weighted by molar-refractivity contribution is 6.09. The summed E-state index contributed by atoms with van der Waals surface area (Å²) in [6, 6.07) is 5.60. The van der Waals surface area contributed by atoms with Crippen molar-refractivity contribution in [2.24, 2.45) is 4.99 Å². The summed E-state index contributed by atoms with van der Waals surface area (Å²) in [7, 11) is 0. The van der Waals surface area contributed by atoms with Gasteiger partial charge in [0.05, 0.1) is 24.2 Å². The molecule has 0 unspecified atom stereocenters. The molecule has 2 N–H and O–H groups in total. The topological polar surface area (TPSA) is 56.4 Å². The Balaban J connectivity index is 2.67. The minimum Gasteiger partial charge on any atom is -0.392 e. The zero-order valence-corrected chi connectivity index (χ0v) is 7.12. The lowest BCUT2D eigenvalue weighted by atomic mass is 10.1. The van der Waals surface area contributed by atoms with Gasteiger partial charge in [0.15, 0.2) is 0 Å². The van der Waals surface area contributed by atoms with Crippen molar-refractivity contribution in [1.29, 1.82) is 5.41 Å². The molecule has 0 bridgehead atoms. The number of rotatable bonds is 1. The third-order valence-electron chi connectivity index (χ3n) is 2.03. The summed E-state index contributed by atoms with van der Waals surface area (Å²) in [5.74, 6) is 0. The van der Waals surface area contributed by atoms with Gasteiger partial charge in [-0.2, -0.15) is 0 Å². The van der Waals surface area contributed by atoms with Crippen LogP contribution in [-0.4, -0.2) is 17.4 Å². The van der Waals surface area contributed by atoms with Crippen molar-refractivity contribution in [2.75, 3.05) is 6.54 Å². The van der Waals surface area contributed by atoms with E-state index in [0.717, 1.165) is 16.1 Å². The van der Waals surface area contributed by atoms with Crippen molar-refractivity contribution in [2.45, 2.75) is 6.61 Å². The van der Waals surface area contributed by atoms with E-state index < -0.39 is 0 Å². The minimum atomic E-state index is 0.0419. The van der Waals surface area contributed by atoms with Crippen LogP contribution in [-0.2, 0) is 6.61 Å². The maximum Gasteiger partial charge on any atom is 0.0812 e. The maximum atomic E-state index is 8.90. The van der Waals surface area contributed by atoms with Crippen LogP contribution in [0.1, 0.15) is 5.56 Å². The van der Waals surface area contributed by atoms with Gasteiger partial charge in [0.25, 0.3) is 0 Å². The van der Waals surface area contributed by atoms with E-state index in [1.165, 1.54) is 0 Å². The Hall–Kier alpha value is -1.48. The first kappa shape index (κ1) is 8.13. The van der Waals surface area contributed by atoms with Crippen molar-refractivity contribution in [3.05, 3.63) is 34.3 Å².